The number of amides is 3. The predicted octanol–water partition coefficient (Wildman–Crippen LogP) is 1.67. The van der Waals surface area contributed by atoms with Gasteiger partial charge in [0.25, 0.3) is 0 Å². The van der Waals surface area contributed by atoms with E-state index in [2.05, 4.69) is 10.6 Å². The number of hydrogen-bond acceptors (Lipinski definition) is 6. The van der Waals surface area contributed by atoms with Crippen molar-refractivity contribution >= 4 is 27.6 Å². The highest BCUT2D eigenvalue weighted by molar-refractivity contribution is 7.89. The van der Waals surface area contributed by atoms with Crippen LogP contribution >= 0.6 is 0 Å². The lowest BCUT2D eigenvalue weighted by atomic mass is 10.3. The molecule has 1 aliphatic rings. The number of ether oxygens (including phenoxy) is 1. The van der Waals surface area contributed by atoms with Gasteiger partial charge in [-0.05, 0) is 38.0 Å². The van der Waals surface area contributed by atoms with Crippen LogP contribution in [0.2, 0.25) is 0 Å². The lowest BCUT2D eigenvalue weighted by Crippen LogP contribution is -2.41. The molecule has 0 aromatic heterocycles. The Labute approximate surface area is 172 Å². The summed E-state index contributed by atoms with van der Waals surface area (Å²) in [4.78, 5) is 23.1. The van der Waals surface area contributed by atoms with Gasteiger partial charge in [-0.1, -0.05) is 0 Å². The Hall–Kier alpha value is -2.54. The second kappa shape index (κ2) is 9.98. The zero-order valence-corrected chi connectivity index (χ0v) is 17.0. The molecular formula is C17H23F3N4O5S. The quantitative estimate of drug-likeness (QED) is 0.553. The number of anilines is 1. The van der Waals surface area contributed by atoms with Crippen LogP contribution in [0.5, 0.6) is 5.75 Å². The molecule has 30 heavy (non-hydrogen) atoms. The molecule has 1 heterocycles. The number of carbonyl (C=O) groups is 2. The van der Waals surface area contributed by atoms with Crippen LogP contribution in [0, 0.1) is 0 Å². The first-order chi connectivity index (χ1) is 14.0. The van der Waals surface area contributed by atoms with Gasteiger partial charge in [0.2, 0.25) is 15.9 Å². The van der Waals surface area contributed by atoms with Crippen molar-refractivity contribution in [2.45, 2.75) is 30.8 Å². The third-order valence-corrected chi connectivity index (χ3v) is 5.97. The molecule has 168 valence electrons. The van der Waals surface area contributed by atoms with Gasteiger partial charge < -0.3 is 15.4 Å². The van der Waals surface area contributed by atoms with Gasteiger partial charge in [0.05, 0.1) is 17.1 Å². The molecule has 1 saturated heterocycles. The number of rotatable bonds is 8. The number of halogens is 3. The SMILES string of the molecule is CCNC(=O)NC(=O)CNc1cc(S(=O)(=O)N2CCCC2)ccc1OCC(F)(F)F. The second-order valence-electron chi connectivity index (χ2n) is 6.43. The molecule has 3 amide bonds. The van der Waals surface area contributed by atoms with E-state index in [0.717, 1.165) is 31.0 Å². The number of nitrogens with zero attached hydrogens (tertiary/aromatic N) is 1. The fourth-order valence-electron chi connectivity index (χ4n) is 2.72. The highest BCUT2D eigenvalue weighted by atomic mass is 32.2. The molecule has 1 aromatic rings. The summed E-state index contributed by atoms with van der Waals surface area (Å²) in [5, 5.41) is 6.90. The number of hydrogen-bond donors (Lipinski definition) is 3. The third kappa shape index (κ3) is 6.76. The topological polar surface area (TPSA) is 117 Å². The van der Waals surface area contributed by atoms with Gasteiger partial charge in [0.1, 0.15) is 5.75 Å². The number of nitrogens with one attached hydrogen (secondary N) is 3. The molecule has 1 fully saturated rings. The van der Waals surface area contributed by atoms with Gasteiger partial charge in [-0.15, -0.1) is 0 Å². The number of carbonyl (C=O) groups excluding carboxylic acids is 2. The Balaban J connectivity index is 2.21. The standard InChI is InChI=1S/C17H23F3N4O5S/c1-2-21-16(26)23-15(25)10-22-13-9-12(30(27,28)24-7-3-4-8-24)5-6-14(13)29-11-17(18,19)20/h5-6,9,22H,2-4,7-8,10-11H2,1H3,(H2,21,23,25,26). The van der Waals surface area contributed by atoms with Crippen LogP contribution in [0.15, 0.2) is 23.1 Å². The maximum absolute atomic E-state index is 12.7. The van der Waals surface area contributed by atoms with E-state index in [1.807, 2.05) is 5.32 Å². The second-order valence-corrected chi connectivity index (χ2v) is 8.37. The van der Waals surface area contributed by atoms with Gasteiger partial charge in [-0.2, -0.15) is 17.5 Å². The Bertz CT molecular complexity index is 871. The summed E-state index contributed by atoms with van der Waals surface area (Å²) in [6.07, 6.45) is -3.17. The molecule has 9 nitrogen and oxygen atoms in total. The van der Waals surface area contributed by atoms with Gasteiger partial charge in [-0.25, -0.2) is 13.2 Å². The Morgan fingerprint density at radius 1 is 1.20 bits per heavy atom. The predicted molar refractivity (Wildman–Crippen MR) is 102 cm³/mol. The molecule has 0 aliphatic carbocycles. The van der Waals surface area contributed by atoms with Crippen LogP contribution in [0.25, 0.3) is 0 Å². The van der Waals surface area contributed by atoms with Crippen molar-refractivity contribution in [2.24, 2.45) is 0 Å². The van der Waals surface area contributed by atoms with E-state index in [1.165, 1.54) is 4.31 Å². The number of urea groups is 1. The third-order valence-electron chi connectivity index (χ3n) is 4.07. The number of benzene rings is 1. The van der Waals surface area contributed by atoms with Gasteiger partial charge >= 0.3 is 12.2 Å². The summed E-state index contributed by atoms with van der Waals surface area (Å²) < 4.78 is 69.0. The average Bonchev–Trinajstić information content (AvgIpc) is 3.20. The summed E-state index contributed by atoms with van der Waals surface area (Å²) >= 11 is 0. The van der Waals surface area contributed by atoms with Gasteiger partial charge in [-0.3, -0.25) is 10.1 Å². The van der Waals surface area contributed by atoms with Crippen molar-refractivity contribution in [3.05, 3.63) is 18.2 Å². The Morgan fingerprint density at radius 2 is 1.87 bits per heavy atom. The fourth-order valence-corrected chi connectivity index (χ4v) is 4.27. The zero-order chi connectivity index (χ0) is 22.4. The minimum Gasteiger partial charge on any atom is -0.482 e. The van der Waals surface area contributed by atoms with E-state index in [0.29, 0.717) is 19.6 Å². The lowest BCUT2D eigenvalue weighted by Gasteiger charge is -2.19. The van der Waals surface area contributed by atoms with Gasteiger partial charge in [0.15, 0.2) is 6.61 Å². The van der Waals surface area contributed by atoms with E-state index in [4.69, 9.17) is 4.74 Å². The summed E-state index contributed by atoms with van der Waals surface area (Å²) in [6.45, 7) is 0.563. The van der Waals surface area contributed by atoms with Crippen LogP contribution in [0.1, 0.15) is 19.8 Å². The molecule has 1 aliphatic heterocycles. The van der Waals surface area contributed by atoms with Crippen molar-refractivity contribution in [3.63, 3.8) is 0 Å². The summed E-state index contributed by atoms with van der Waals surface area (Å²) in [5.74, 6) is -1.05. The van der Waals surface area contributed by atoms with Crippen molar-refractivity contribution in [1.82, 2.24) is 14.9 Å². The maximum Gasteiger partial charge on any atom is 0.422 e. The van der Waals surface area contributed by atoms with Crippen LogP contribution in [0.4, 0.5) is 23.7 Å². The van der Waals surface area contributed by atoms with E-state index >= 15 is 0 Å². The average molecular weight is 452 g/mol. The van der Waals surface area contributed by atoms with Crippen LogP contribution < -0.4 is 20.7 Å². The van der Waals surface area contributed by atoms with E-state index in [-0.39, 0.29) is 16.3 Å². The molecule has 0 saturated carbocycles. The van der Waals surface area contributed by atoms with E-state index < -0.39 is 41.3 Å². The molecule has 3 N–H and O–H groups in total. The van der Waals surface area contributed by atoms with Crippen molar-refractivity contribution in [2.75, 3.05) is 38.1 Å². The van der Waals surface area contributed by atoms with E-state index in [1.54, 1.807) is 6.92 Å². The summed E-state index contributed by atoms with van der Waals surface area (Å²) in [7, 11) is -3.84. The van der Waals surface area contributed by atoms with E-state index in [9.17, 15) is 31.2 Å². The highest BCUT2D eigenvalue weighted by Gasteiger charge is 2.30. The smallest absolute Gasteiger partial charge is 0.422 e. The molecule has 13 heteroatoms. The van der Waals surface area contributed by atoms with Crippen LogP contribution in [0.3, 0.4) is 0 Å². The number of imide groups is 1. The monoisotopic (exact) mass is 452 g/mol. The molecule has 0 atom stereocenters. The number of alkyl halides is 3. The normalized spacial score (nSPS) is 14.9. The maximum atomic E-state index is 12.7. The molecule has 0 bridgehead atoms. The largest absolute Gasteiger partial charge is 0.482 e. The van der Waals surface area contributed by atoms with Crippen LogP contribution in [-0.2, 0) is 14.8 Å². The minimum atomic E-state index is -4.60. The van der Waals surface area contributed by atoms with Crippen molar-refractivity contribution in [3.8, 4) is 5.75 Å². The van der Waals surface area contributed by atoms with Gasteiger partial charge in [0, 0.05) is 19.6 Å². The molecule has 0 unspecified atom stereocenters. The Kier molecular flexibility index (Phi) is 7.89. The highest BCUT2D eigenvalue weighted by Crippen LogP contribution is 2.31. The molecule has 2 rings (SSSR count). The first kappa shape index (κ1) is 23.7. The lowest BCUT2D eigenvalue weighted by molar-refractivity contribution is -0.153. The fraction of sp³-hybridized carbons (Fsp3) is 0.529. The zero-order valence-electron chi connectivity index (χ0n) is 16.2. The summed E-state index contributed by atoms with van der Waals surface area (Å²) in [6, 6.07) is 2.62. The Morgan fingerprint density at radius 3 is 2.47 bits per heavy atom. The molecule has 0 radical (unpaired) electrons. The molecule has 0 spiro atoms. The minimum absolute atomic E-state index is 0.120. The molecule has 1 aromatic carbocycles. The van der Waals surface area contributed by atoms with Crippen LogP contribution in [-0.4, -0.2) is 63.6 Å². The number of sulfonamides is 1. The molecular weight excluding hydrogens is 429 g/mol. The first-order valence-corrected chi connectivity index (χ1v) is 10.6. The summed E-state index contributed by atoms with van der Waals surface area (Å²) in [5.41, 5.74) is -0.120. The van der Waals surface area contributed by atoms with Crippen molar-refractivity contribution < 1.29 is 35.9 Å². The van der Waals surface area contributed by atoms with Crippen molar-refractivity contribution in [1.29, 1.82) is 0 Å². The first-order valence-electron chi connectivity index (χ1n) is 9.18.